The Morgan fingerprint density at radius 2 is 1.66 bits per heavy atom. The van der Waals surface area contributed by atoms with Gasteiger partial charge < -0.3 is 5.32 Å². The number of aryl methyl sites for hydroxylation is 1. The van der Waals surface area contributed by atoms with Crippen molar-refractivity contribution < 1.29 is 48.0 Å². The molecule has 1 saturated carbocycles. The van der Waals surface area contributed by atoms with Gasteiger partial charge in [0, 0.05) is 31.0 Å². The lowest BCUT2D eigenvalue weighted by Gasteiger charge is -2.24. The first-order valence-electron chi connectivity index (χ1n) is 20.5. The molecule has 9 rings (SSSR count). The van der Waals surface area contributed by atoms with Crippen molar-refractivity contribution in [3.8, 4) is 16.8 Å². The van der Waals surface area contributed by atoms with Gasteiger partial charge in [-0.1, -0.05) is 29.8 Å². The summed E-state index contributed by atoms with van der Waals surface area (Å²) in [5, 5.41) is 9.93. The fourth-order valence-electron chi connectivity index (χ4n) is 8.88. The Labute approximate surface area is 382 Å². The van der Waals surface area contributed by atoms with Crippen molar-refractivity contribution in [2.45, 2.75) is 67.7 Å². The predicted molar refractivity (Wildman–Crippen MR) is 236 cm³/mol. The Bertz CT molecular complexity index is 3510. The molecule has 2 aliphatic rings. The highest BCUT2D eigenvalue weighted by molar-refractivity contribution is 7.92. The van der Waals surface area contributed by atoms with Gasteiger partial charge in [0.15, 0.2) is 15.7 Å². The number of nitrogens with one attached hydrogen (secondary N) is 2. The summed E-state index contributed by atoms with van der Waals surface area (Å²) >= 11 is 6.64. The first-order valence-corrected chi connectivity index (χ1v) is 24.3. The van der Waals surface area contributed by atoms with Gasteiger partial charge in [0.25, 0.3) is 17.9 Å². The van der Waals surface area contributed by atoms with Crippen molar-refractivity contribution in [3.05, 3.63) is 128 Å². The van der Waals surface area contributed by atoms with Crippen LogP contribution in [-0.2, 0) is 50.6 Å². The lowest BCUT2D eigenvalue weighted by atomic mass is 10.0. The molecule has 3 aromatic heterocycles. The smallest absolute Gasteiger partial charge is 0.293 e. The van der Waals surface area contributed by atoms with Crippen LogP contribution in [0.15, 0.2) is 82.5 Å². The summed E-state index contributed by atoms with van der Waals surface area (Å²) in [4.78, 5) is 34.3. The highest BCUT2D eigenvalue weighted by Gasteiger charge is 2.67. The maximum Gasteiger partial charge on any atom is 0.293 e. The Morgan fingerprint density at radius 3 is 2.33 bits per heavy atom. The van der Waals surface area contributed by atoms with Gasteiger partial charge in [-0.15, -0.1) is 0 Å². The van der Waals surface area contributed by atoms with Crippen LogP contribution >= 0.6 is 11.6 Å². The number of carbonyl (C=O) groups is 1. The number of halogens is 7. The third-order valence-corrected chi connectivity index (χ3v) is 15.0. The van der Waals surface area contributed by atoms with Crippen LogP contribution < -0.4 is 15.6 Å². The SMILES string of the molecule is CC(C)S(=O)(=O)c1cccc(-c2ccc3c(=O)n(-c4ccc(Cl)c5c(NS(C)(=O)=O)nn(C)c45)c([C@H](Cc4cc(F)cc(F)c4)NC(=O)Cn4nc(C(F)F)c5c4C(F)(F)[C@@H]4C[C@H]54)nc3c2)c1. The first-order chi connectivity index (χ1) is 31.4. The van der Waals surface area contributed by atoms with E-state index in [1.807, 2.05) is 0 Å². The normalized spacial score (nSPS) is 17.0. The third kappa shape index (κ3) is 8.11. The maximum absolute atomic E-state index is 15.6. The summed E-state index contributed by atoms with van der Waals surface area (Å²) < 4.78 is 145. The van der Waals surface area contributed by atoms with Gasteiger partial charge in [-0.3, -0.25) is 28.2 Å². The highest BCUT2D eigenvalue weighted by atomic mass is 35.5. The number of sulfonamides is 1. The Hall–Kier alpha value is -6.26. The summed E-state index contributed by atoms with van der Waals surface area (Å²) in [7, 11) is -6.25. The average Bonchev–Trinajstić information content (AvgIpc) is 3.78. The maximum atomic E-state index is 15.6. The molecule has 0 saturated heterocycles. The van der Waals surface area contributed by atoms with Gasteiger partial charge >= 0.3 is 0 Å². The number of hydrogen-bond acceptors (Lipinski definition) is 9. The van der Waals surface area contributed by atoms with E-state index in [9.17, 15) is 39.2 Å². The highest BCUT2D eigenvalue weighted by Crippen LogP contribution is 2.68. The number of carbonyl (C=O) groups excluding carboxylic acids is 1. The molecule has 4 aromatic carbocycles. The second kappa shape index (κ2) is 16.2. The monoisotopic (exact) mass is 986 g/mol. The molecule has 0 unspecified atom stereocenters. The number of fused-ring (bicyclic) bond motifs is 5. The van der Waals surface area contributed by atoms with Crippen molar-refractivity contribution >= 4 is 65.0 Å². The molecular formula is C44H37ClF6N8O6S2. The molecule has 3 atom stereocenters. The van der Waals surface area contributed by atoms with Crippen molar-refractivity contribution in [2.24, 2.45) is 13.0 Å². The van der Waals surface area contributed by atoms with Gasteiger partial charge in [-0.2, -0.15) is 19.0 Å². The minimum Gasteiger partial charge on any atom is -0.344 e. The van der Waals surface area contributed by atoms with Crippen LogP contribution in [-0.4, -0.2) is 63.4 Å². The molecule has 0 spiro atoms. The van der Waals surface area contributed by atoms with E-state index in [-0.39, 0.29) is 66.6 Å². The van der Waals surface area contributed by atoms with E-state index < -0.39 is 103 Å². The van der Waals surface area contributed by atoms with E-state index in [1.54, 1.807) is 18.2 Å². The van der Waals surface area contributed by atoms with E-state index in [0.29, 0.717) is 21.9 Å². The van der Waals surface area contributed by atoms with E-state index >= 15 is 13.6 Å². The minimum atomic E-state index is -3.95. The van der Waals surface area contributed by atoms with Crippen molar-refractivity contribution in [2.75, 3.05) is 11.0 Å². The Morgan fingerprint density at radius 1 is 0.955 bits per heavy atom. The van der Waals surface area contributed by atoms with Crippen LogP contribution in [0.1, 0.15) is 67.0 Å². The molecule has 0 radical (unpaired) electrons. The molecule has 14 nitrogen and oxygen atoms in total. The quantitative estimate of drug-likeness (QED) is 0.109. The first kappa shape index (κ1) is 45.9. The molecule has 2 N–H and O–H groups in total. The largest absolute Gasteiger partial charge is 0.344 e. The van der Waals surface area contributed by atoms with Crippen LogP contribution in [0.25, 0.3) is 38.6 Å². The summed E-state index contributed by atoms with van der Waals surface area (Å²) in [6, 6.07) is 14.2. The second-order valence-electron chi connectivity index (χ2n) is 16.9. The van der Waals surface area contributed by atoms with E-state index in [2.05, 4.69) is 20.2 Å². The molecule has 7 aromatic rings. The molecule has 0 aliphatic heterocycles. The van der Waals surface area contributed by atoms with Gasteiger partial charge in [0.2, 0.25) is 15.9 Å². The summed E-state index contributed by atoms with van der Waals surface area (Å²) in [6.45, 7) is 2.04. The van der Waals surface area contributed by atoms with Crippen molar-refractivity contribution in [3.63, 3.8) is 0 Å². The number of sulfone groups is 1. The Balaban J connectivity index is 1.27. The number of alkyl halides is 4. The van der Waals surface area contributed by atoms with Crippen molar-refractivity contribution in [1.29, 1.82) is 0 Å². The van der Waals surface area contributed by atoms with Crippen LogP contribution in [0.5, 0.6) is 0 Å². The number of anilines is 1. The summed E-state index contributed by atoms with van der Waals surface area (Å²) in [5.74, 6) is -9.33. The number of benzene rings is 4. The van der Waals surface area contributed by atoms with Crippen LogP contribution in [0, 0.1) is 17.6 Å². The lowest BCUT2D eigenvalue weighted by molar-refractivity contribution is -0.123. The molecule has 2 aliphatic carbocycles. The summed E-state index contributed by atoms with van der Waals surface area (Å²) in [5.41, 5.74) is -2.06. The number of rotatable bonds is 13. The molecule has 0 bridgehead atoms. The van der Waals surface area contributed by atoms with Crippen molar-refractivity contribution in [1.82, 2.24) is 34.4 Å². The number of hydrogen-bond donors (Lipinski definition) is 2. The minimum absolute atomic E-state index is 0.00264. The lowest BCUT2D eigenvalue weighted by Crippen LogP contribution is -2.38. The Kier molecular flexibility index (Phi) is 11.1. The molecule has 23 heteroatoms. The number of aromatic nitrogens is 6. The van der Waals surface area contributed by atoms with Gasteiger partial charge in [-0.25, -0.2) is 39.4 Å². The molecule has 1 fully saturated rings. The standard InChI is InChI=1S/C44H37ClF6N8O6S2/c1-20(2)67(64,65)26-7-5-6-22(15-26)23-8-9-27-31(16-23)53-42(59(43(27)61)33-11-10-30(45)36-38(33)57(3)55-41(36)56-66(4,62)63)32(14-21-12-24(46)17-25(47)13-21)52-34(60)19-58-39-35(37(54-58)40(48)49)28-18-29(28)44(39,50)51/h5-13,15-17,20,28-29,32,40H,14,18-19H2,1-4H3,(H,52,60)(H,55,56)/t28-,29+,32-/m0/s1. The third-order valence-electron chi connectivity index (χ3n) is 11.9. The zero-order chi connectivity index (χ0) is 48.2. The fourth-order valence-corrected chi connectivity index (χ4v) is 10.7. The number of nitrogens with zero attached hydrogens (tertiary/aromatic N) is 6. The second-order valence-corrected chi connectivity index (χ2v) is 21.5. The number of amides is 1. The van der Waals surface area contributed by atoms with Crippen LogP contribution in [0.4, 0.5) is 32.2 Å². The van der Waals surface area contributed by atoms with Crippen LogP contribution in [0.2, 0.25) is 5.02 Å². The average molecular weight is 987 g/mol. The molecule has 3 heterocycles. The topological polar surface area (TPSA) is 180 Å². The molecule has 350 valence electrons. The molecule has 1 amide bonds. The summed E-state index contributed by atoms with van der Waals surface area (Å²) in [6.07, 6.45) is -2.90. The van der Waals surface area contributed by atoms with Crippen LogP contribution in [0.3, 0.4) is 0 Å². The zero-order valence-corrected chi connectivity index (χ0v) is 37.9. The van der Waals surface area contributed by atoms with E-state index in [1.165, 1.54) is 62.0 Å². The van der Waals surface area contributed by atoms with E-state index in [4.69, 9.17) is 16.6 Å². The zero-order valence-electron chi connectivity index (χ0n) is 35.5. The molecule has 67 heavy (non-hydrogen) atoms. The van der Waals surface area contributed by atoms with E-state index in [0.717, 1.165) is 23.0 Å². The van der Waals surface area contributed by atoms with Gasteiger partial charge in [-0.05, 0) is 91.4 Å². The molecular weight excluding hydrogens is 950 g/mol. The predicted octanol–water partition coefficient (Wildman–Crippen LogP) is 7.87. The fraction of sp³-hybridized carbons (Fsp3) is 0.295. The van der Waals surface area contributed by atoms with Gasteiger partial charge in [0.1, 0.15) is 35.4 Å². The van der Waals surface area contributed by atoms with Gasteiger partial charge in [0.05, 0.1) is 55.0 Å².